The molecule has 6 nitrogen and oxygen atoms in total. The van der Waals surface area contributed by atoms with E-state index in [-0.39, 0.29) is 36.5 Å². The Morgan fingerprint density at radius 1 is 1.08 bits per heavy atom. The van der Waals surface area contributed by atoms with Gasteiger partial charge in [0.25, 0.3) is 5.91 Å². The predicted octanol–water partition coefficient (Wildman–Crippen LogP) is 2.05. The Bertz CT molecular complexity index is 689. The van der Waals surface area contributed by atoms with Crippen molar-refractivity contribution in [3.63, 3.8) is 0 Å². The maximum absolute atomic E-state index is 12.6. The molecule has 8 heteroatoms. The number of nitrogens with two attached hydrogens (primary N) is 1. The fourth-order valence-corrected chi connectivity index (χ4v) is 2.74. The van der Waals surface area contributed by atoms with E-state index in [0.717, 1.165) is 24.5 Å². The summed E-state index contributed by atoms with van der Waals surface area (Å²) in [6, 6.07) is 10.6. The number of nitrogens with zero attached hydrogens (tertiary/aromatic N) is 3. The van der Waals surface area contributed by atoms with Gasteiger partial charge in [-0.15, -0.1) is 24.8 Å². The van der Waals surface area contributed by atoms with Crippen LogP contribution in [0.5, 0.6) is 5.75 Å². The third kappa shape index (κ3) is 4.98. The topological polar surface area (TPSA) is 82.7 Å². The Labute approximate surface area is 159 Å². The molecular formula is C17H22Cl2N4O2. The highest BCUT2D eigenvalue weighted by molar-refractivity contribution is 5.94. The molecule has 1 aliphatic heterocycles. The van der Waals surface area contributed by atoms with Gasteiger partial charge < -0.3 is 20.6 Å². The van der Waals surface area contributed by atoms with Crippen molar-refractivity contribution in [3.05, 3.63) is 53.9 Å². The van der Waals surface area contributed by atoms with Crippen molar-refractivity contribution in [2.75, 3.05) is 31.1 Å². The van der Waals surface area contributed by atoms with Crippen molar-refractivity contribution in [2.45, 2.75) is 6.54 Å². The summed E-state index contributed by atoms with van der Waals surface area (Å²) < 4.78 is 0. The molecule has 1 saturated heterocycles. The number of halogens is 2. The molecule has 1 aromatic carbocycles. The number of amides is 1. The van der Waals surface area contributed by atoms with Crippen LogP contribution in [-0.2, 0) is 6.54 Å². The van der Waals surface area contributed by atoms with Crippen LogP contribution < -0.4 is 10.6 Å². The van der Waals surface area contributed by atoms with Gasteiger partial charge in [-0.3, -0.25) is 9.78 Å². The third-order valence-electron chi connectivity index (χ3n) is 4.05. The molecule has 1 amide bonds. The first-order valence-electron chi connectivity index (χ1n) is 7.65. The minimum absolute atomic E-state index is 0. The summed E-state index contributed by atoms with van der Waals surface area (Å²) in [4.78, 5) is 20.7. The van der Waals surface area contributed by atoms with Gasteiger partial charge in [-0.05, 0) is 36.4 Å². The molecule has 0 unspecified atom stereocenters. The van der Waals surface area contributed by atoms with E-state index in [4.69, 9.17) is 5.73 Å². The molecule has 0 aliphatic carbocycles. The maximum Gasteiger partial charge on any atom is 0.254 e. The minimum atomic E-state index is 0. The molecule has 25 heavy (non-hydrogen) atoms. The Morgan fingerprint density at radius 3 is 2.32 bits per heavy atom. The van der Waals surface area contributed by atoms with Gasteiger partial charge in [-0.25, -0.2) is 0 Å². The number of phenols is 1. The molecule has 136 valence electrons. The summed E-state index contributed by atoms with van der Waals surface area (Å²) in [6.45, 7) is 3.20. The molecule has 3 N–H and O–H groups in total. The van der Waals surface area contributed by atoms with Crippen molar-refractivity contribution in [1.29, 1.82) is 0 Å². The summed E-state index contributed by atoms with van der Waals surface area (Å²) >= 11 is 0. The Balaban J connectivity index is 0.00000156. The zero-order valence-electron chi connectivity index (χ0n) is 13.7. The standard InChI is InChI=1S/C17H20N4O2.2ClH/c18-12-14-11-13(5-6-19-14)17(23)21-9-7-20(8-10-21)15-1-3-16(22)4-2-15;;/h1-6,11,22H,7-10,12,18H2;2*1H. The second kappa shape index (κ2) is 9.46. The van der Waals surface area contributed by atoms with Crippen LogP contribution in [-0.4, -0.2) is 47.1 Å². The number of carbonyl (C=O) groups excluding carboxylic acids is 1. The van der Waals surface area contributed by atoms with Crippen LogP contribution in [0.4, 0.5) is 5.69 Å². The van der Waals surface area contributed by atoms with E-state index >= 15 is 0 Å². The number of hydrogen-bond donors (Lipinski definition) is 2. The lowest BCUT2D eigenvalue weighted by molar-refractivity contribution is 0.0746. The number of aromatic hydroxyl groups is 1. The molecule has 1 aliphatic rings. The Morgan fingerprint density at radius 2 is 1.72 bits per heavy atom. The molecule has 0 spiro atoms. The van der Waals surface area contributed by atoms with Gasteiger partial charge in [-0.1, -0.05) is 0 Å². The monoisotopic (exact) mass is 384 g/mol. The number of benzene rings is 1. The van der Waals surface area contributed by atoms with Crippen LogP contribution in [0, 0.1) is 0 Å². The first-order chi connectivity index (χ1) is 11.2. The van der Waals surface area contributed by atoms with Gasteiger partial charge in [-0.2, -0.15) is 0 Å². The number of pyridine rings is 1. The van der Waals surface area contributed by atoms with E-state index < -0.39 is 0 Å². The quantitative estimate of drug-likeness (QED) is 0.845. The van der Waals surface area contributed by atoms with Crippen LogP contribution in [0.15, 0.2) is 42.6 Å². The van der Waals surface area contributed by atoms with Crippen LogP contribution in [0.3, 0.4) is 0 Å². The average Bonchev–Trinajstić information content (AvgIpc) is 2.62. The number of hydrogen-bond acceptors (Lipinski definition) is 5. The first-order valence-corrected chi connectivity index (χ1v) is 7.65. The highest BCUT2D eigenvalue weighted by Gasteiger charge is 2.22. The largest absolute Gasteiger partial charge is 0.508 e. The first kappa shape index (κ1) is 21.0. The molecule has 0 bridgehead atoms. The third-order valence-corrected chi connectivity index (χ3v) is 4.05. The summed E-state index contributed by atoms with van der Waals surface area (Å²) in [6.07, 6.45) is 1.63. The van der Waals surface area contributed by atoms with Crippen molar-refractivity contribution in [1.82, 2.24) is 9.88 Å². The number of phenolic OH excluding ortho intramolecular Hbond substituents is 1. The van der Waals surface area contributed by atoms with Crippen molar-refractivity contribution >= 4 is 36.4 Å². The lowest BCUT2D eigenvalue weighted by atomic mass is 10.1. The molecule has 3 rings (SSSR count). The predicted molar refractivity (Wildman–Crippen MR) is 103 cm³/mol. The number of carbonyl (C=O) groups is 1. The van der Waals surface area contributed by atoms with E-state index in [1.807, 2.05) is 17.0 Å². The Hall–Kier alpha value is -2.02. The average molecular weight is 385 g/mol. The number of piperazine rings is 1. The fraction of sp³-hybridized carbons (Fsp3) is 0.294. The van der Waals surface area contributed by atoms with Crippen molar-refractivity contribution < 1.29 is 9.90 Å². The second-order valence-electron chi connectivity index (χ2n) is 5.54. The van der Waals surface area contributed by atoms with E-state index in [1.54, 1.807) is 30.5 Å². The SMILES string of the molecule is Cl.Cl.NCc1cc(C(=O)N2CCN(c3ccc(O)cc3)CC2)ccn1. The van der Waals surface area contributed by atoms with Gasteiger partial charge in [0.1, 0.15) is 5.75 Å². The normalized spacial score (nSPS) is 13.6. The summed E-state index contributed by atoms with van der Waals surface area (Å²) in [5.41, 5.74) is 8.00. The molecule has 0 saturated carbocycles. The van der Waals surface area contributed by atoms with Crippen LogP contribution in [0.1, 0.15) is 16.1 Å². The van der Waals surface area contributed by atoms with Crippen molar-refractivity contribution in [3.8, 4) is 5.75 Å². The zero-order chi connectivity index (χ0) is 16.2. The summed E-state index contributed by atoms with van der Waals surface area (Å²) in [5, 5.41) is 9.35. The van der Waals surface area contributed by atoms with Crippen LogP contribution in [0.25, 0.3) is 0 Å². The van der Waals surface area contributed by atoms with Gasteiger partial charge in [0.2, 0.25) is 0 Å². The second-order valence-corrected chi connectivity index (χ2v) is 5.54. The van der Waals surface area contributed by atoms with E-state index in [0.29, 0.717) is 25.2 Å². The maximum atomic E-state index is 12.6. The highest BCUT2D eigenvalue weighted by Crippen LogP contribution is 2.20. The fourth-order valence-electron chi connectivity index (χ4n) is 2.74. The molecule has 2 aromatic rings. The zero-order valence-corrected chi connectivity index (χ0v) is 15.3. The number of aromatic nitrogens is 1. The van der Waals surface area contributed by atoms with E-state index in [9.17, 15) is 9.90 Å². The van der Waals surface area contributed by atoms with E-state index in [1.165, 1.54) is 0 Å². The van der Waals surface area contributed by atoms with E-state index in [2.05, 4.69) is 9.88 Å². The molecular weight excluding hydrogens is 363 g/mol. The van der Waals surface area contributed by atoms with Gasteiger partial charge in [0, 0.05) is 50.2 Å². The van der Waals surface area contributed by atoms with Gasteiger partial charge >= 0.3 is 0 Å². The van der Waals surface area contributed by atoms with Gasteiger partial charge in [0.15, 0.2) is 0 Å². The van der Waals surface area contributed by atoms with Crippen molar-refractivity contribution in [2.24, 2.45) is 5.73 Å². The highest BCUT2D eigenvalue weighted by atomic mass is 35.5. The van der Waals surface area contributed by atoms with Crippen LogP contribution >= 0.6 is 24.8 Å². The summed E-state index contributed by atoms with van der Waals surface area (Å²) in [5.74, 6) is 0.281. The number of anilines is 1. The minimum Gasteiger partial charge on any atom is -0.508 e. The van der Waals surface area contributed by atoms with Crippen LogP contribution in [0.2, 0.25) is 0 Å². The number of rotatable bonds is 3. The molecule has 1 aromatic heterocycles. The lowest BCUT2D eigenvalue weighted by Crippen LogP contribution is -2.48. The lowest BCUT2D eigenvalue weighted by Gasteiger charge is -2.36. The smallest absolute Gasteiger partial charge is 0.254 e. The molecule has 0 atom stereocenters. The molecule has 0 radical (unpaired) electrons. The van der Waals surface area contributed by atoms with Gasteiger partial charge in [0.05, 0.1) is 5.69 Å². The summed E-state index contributed by atoms with van der Waals surface area (Å²) in [7, 11) is 0. The Kier molecular flexibility index (Phi) is 7.96. The molecule has 1 fully saturated rings. The molecule has 2 heterocycles.